The van der Waals surface area contributed by atoms with Crippen LogP contribution in [-0.2, 0) is 0 Å². The van der Waals surface area contributed by atoms with Crippen LogP contribution in [-0.4, -0.2) is 13.9 Å². The summed E-state index contributed by atoms with van der Waals surface area (Å²) < 4.78 is 0. The fourth-order valence-electron chi connectivity index (χ4n) is 0.624. The maximum atomic E-state index is 3.09. The van der Waals surface area contributed by atoms with Gasteiger partial charge in [-0.25, -0.2) is 0 Å². The normalized spacial score (nSPS) is 16.4. The third-order valence-electron chi connectivity index (χ3n) is 1.08. The second kappa shape index (κ2) is 1.98. The van der Waals surface area contributed by atoms with Gasteiger partial charge in [0.05, 0.1) is 0 Å². The van der Waals surface area contributed by atoms with E-state index >= 15 is 0 Å². The van der Waals surface area contributed by atoms with Crippen LogP contribution in [0.1, 0.15) is 0 Å². The summed E-state index contributed by atoms with van der Waals surface area (Å²) in [5.41, 5.74) is 0. The molecule has 0 amide bonds. The van der Waals surface area contributed by atoms with Crippen LogP contribution >= 0.6 is 0 Å². The third-order valence-corrected chi connectivity index (χ3v) is 1.08. The molecule has 1 N–H and O–H groups in total. The SMILES string of the molecule is CNB1C=CC=C1. The van der Waals surface area contributed by atoms with Crippen molar-refractivity contribution in [1.82, 2.24) is 5.23 Å². The van der Waals surface area contributed by atoms with Gasteiger partial charge in [0.2, 0.25) is 0 Å². The molecular weight excluding hydrogens is 84.9 g/mol. The zero-order chi connectivity index (χ0) is 5.11. The Kier molecular flexibility index (Phi) is 1.32. The molecule has 0 bridgehead atoms. The second-order valence-corrected chi connectivity index (χ2v) is 1.58. The highest BCUT2D eigenvalue weighted by molar-refractivity contribution is 6.67. The lowest BCUT2D eigenvalue weighted by Crippen LogP contribution is -2.24. The summed E-state index contributed by atoms with van der Waals surface area (Å²) in [6, 6.07) is 0. The van der Waals surface area contributed by atoms with Gasteiger partial charge in [0.15, 0.2) is 0 Å². The van der Waals surface area contributed by atoms with E-state index in [4.69, 9.17) is 0 Å². The van der Waals surface area contributed by atoms with E-state index in [9.17, 15) is 0 Å². The van der Waals surface area contributed by atoms with Crippen LogP contribution in [0.2, 0.25) is 0 Å². The first kappa shape index (κ1) is 4.66. The van der Waals surface area contributed by atoms with Crippen LogP contribution in [0, 0.1) is 0 Å². The standard InChI is InChI=1S/C5H8BN/c1-7-6-4-2-3-5-6/h2-5,7H,1H3. The molecule has 2 heteroatoms. The Hall–Kier alpha value is -0.495. The summed E-state index contributed by atoms with van der Waals surface area (Å²) in [5.74, 6) is 4.22. The Balaban J connectivity index is 2.44. The minimum Gasteiger partial charge on any atom is -0.351 e. The Morgan fingerprint density at radius 1 is 1.29 bits per heavy atom. The molecule has 0 radical (unpaired) electrons. The van der Waals surface area contributed by atoms with Crippen molar-refractivity contribution in [2.24, 2.45) is 0 Å². The molecule has 0 aliphatic carbocycles. The Morgan fingerprint density at radius 2 is 1.86 bits per heavy atom. The lowest BCUT2D eigenvalue weighted by Gasteiger charge is -1.91. The number of hydrogen-bond acceptors (Lipinski definition) is 1. The topological polar surface area (TPSA) is 12.0 Å². The third kappa shape index (κ3) is 0.935. The number of nitrogens with one attached hydrogen (secondary N) is 1. The molecule has 7 heavy (non-hydrogen) atoms. The highest BCUT2D eigenvalue weighted by atomic mass is 14.7. The first-order valence-corrected chi connectivity index (χ1v) is 2.46. The monoisotopic (exact) mass is 93.1 g/mol. The molecule has 0 saturated carbocycles. The van der Waals surface area contributed by atoms with Crippen LogP contribution < -0.4 is 5.23 Å². The molecule has 36 valence electrons. The van der Waals surface area contributed by atoms with Gasteiger partial charge in [-0.1, -0.05) is 24.1 Å². The fourth-order valence-corrected chi connectivity index (χ4v) is 0.624. The maximum absolute atomic E-state index is 3.09. The van der Waals surface area contributed by atoms with Crippen molar-refractivity contribution < 1.29 is 0 Å². The van der Waals surface area contributed by atoms with Crippen molar-refractivity contribution in [2.75, 3.05) is 7.05 Å². The molecule has 0 aromatic rings. The van der Waals surface area contributed by atoms with E-state index in [2.05, 4.69) is 17.2 Å². The van der Waals surface area contributed by atoms with Crippen LogP contribution in [0.5, 0.6) is 0 Å². The summed E-state index contributed by atoms with van der Waals surface area (Å²) >= 11 is 0. The van der Waals surface area contributed by atoms with Crippen LogP contribution in [0.25, 0.3) is 0 Å². The molecule has 0 saturated heterocycles. The Labute approximate surface area is 44.2 Å². The van der Waals surface area contributed by atoms with E-state index in [-0.39, 0.29) is 0 Å². The molecule has 1 nitrogen and oxygen atoms in total. The lowest BCUT2D eigenvalue weighted by atomic mass is 9.65. The number of allylic oxidation sites excluding steroid dienone is 2. The van der Waals surface area contributed by atoms with Crippen molar-refractivity contribution >= 4 is 6.85 Å². The Bertz CT molecular complexity index is 94.6. The van der Waals surface area contributed by atoms with E-state index in [0.717, 1.165) is 0 Å². The van der Waals surface area contributed by atoms with E-state index in [1.807, 2.05) is 19.2 Å². The van der Waals surface area contributed by atoms with Gasteiger partial charge in [-0.2, -0.15) is 0 Å². The average Bonchev–Trinajstić information content (AvgIpc) is 2.14. The van der Waals surface area contributed by atoms with Crippen molar-refractivity contribution in [2.45, 2.75) is 0 Å². The summed E-state index contributed by atoms with van der Waals surface area (Å²) in [7, 11) is 1.95. The maximum Gasteiger partial charge on any atom is 0.274 e. The van der Waals surface area contributed by atoms with Gasteiger partial charge in [0, 0.05) is 0 Å². The van der Waals surface area contributed by atoms with Crippen LogP contribution in [0.3, 0.4) is 0 Å². The highest BCUT2D eigenvalue weighted by Gasteiger charge is 2.02. The highest BCUT2D eigenvalue weighted by Crippen LogP contribution is 1.91. The summed E-state index contributed by atoms with van der Waals surface area (Å²) in [5, 5.41) is 3.09. The van der Waals surface area contributed by atoms with E-state index in [1.54, 1.807) is 0 Å². The molecule has 0 aromatic carbocycles. The lowest BCUT2D eigenvalue weighted by molar-refractivity contribution is 1.24. The van der Waals surface area contributed by atoms with Gasteiger partial charge in [0.25, 0.3) is 6.85 Å². The zero-order valence-electron chi connectivity index (χ0n) is 4.39. The number of rotatable bonds is 1. The first-order valence-electron chi connectivity index (χ1n) is 2.46. The van der Waals surface area contributed by atoms with Gasteiger partial charge >= 0.3 is 0 Å². The van der Waals surface area contributed by atoms with Crippen LogP contribution in [0.15, 0.2) is 24.1 Å². The predicted octanol–water partition coefficient (Wildman–Crippen LogP) is 0.402. The van der Waals surface area contributed by atoms with E-state index < -0.39 is 0 Å². The molecule has 1 aliphatic heterocycles. The Morgan fingerprint density at radius 3 is 2.14 bits per heavy atom. The van der Waals surface area contributed by atoms with Gasteiger partial charge in [-0.05, 0) is 7.05 Å². The quantitative estimate of drug-likeness (QED) is 0.462. The molecule has 0 aromatic heterocycles. The second-order valence-electron chi connectivity index (χ2n) is 1.58. The van der Waals surface area contributed by atoms with Gasteiger partial charge in [0.1, 0.15) is 0 Å². The molecule has 1 rings (SSSR count). The molecule has 0 atom stereocenters. The van der Waals surface area contributed by atoms with Gasteiger partial charge in [-0.15, -0.1) is 0 Å². The molecular formula is C5H8BN. The van der Waals surface area contributed by atoms with Crippen molar-refractivity contribution in [3.05, 3.63) is 24.1 Å². The predicted molar refractivity (Wildman–Crippen MR) is 33.1 cm³/mol. The molecule has 1 aliphatic rings. The van der Waals surface area contributed by atoms with E-state index in [1.165, 1.54) is 0 Å². The van der Waals surface area contributed by atoms with Crippen molar-refractivity contribution in [1.29, 1.82) is 0 Å². The summed E-state index contributed by atoms with van der Waals surface area (Å²) in [4.78, 5) is 0. The van der Waals surface area contributed by atoms with E-state index in [0.29, 0.717) is 6.85 Å². The van der Waals surface area contributed by atoms with Crippen molar-refractivity contribution in [3.8, 4) is 0 Å². The molecule has 0 fully saturated rings. The molecule has 0 spiro atoms. The summed E-state index contributed by atoms with van der Waals surface area (Å²) in [6.07, 6.45) is 4.09. The average molecular weight is 92.9 g/mol. The van der Waals surface area contributed by atoms with Crippen LogP contribution in [0.4, 0.5) is 0 Å². The zero-order valence-corrected chi connectivity index (χ0v) is 4.39. The number of hydrogen-bond donors (Lipinski definition) is 1. The van der Waals surface area contributed by atoms with Gasteiger partial charge < -0.3 is 5.23 Å². The molecule has 0 unspecified atom stereocenters. The van der Waals surface area contributed by atoms with Gasteiger partial charge in [-0.3, -0.25) is 0 Å². The smallest absolute Gasteiger partial charge is 0.274 e. The molecule has 1 heterocycles. The first-order chi connectivity index (χ1) is 3.43. The largest absolute Gasteiger partial charge is 0.351 e. The van der Waals surface area contributed by atoms with Crippen molar-refractivity contribution in [3.63, 3.8) is 0 Å². The summed E-state index contributed by atoms with van der Waals surface area (Å²) in [6.45, 7) is 0.486. The fraction of sp³-hybridized carbons (Fsp3) is 0.200. The minimum atomic E-state index is 0.486. The minimum absolute atomic E-state index is 0.486.